The number of piperidine rings is 1. The molecule has 0 aliphatic carbocycles. The summed E-state index contributed by atoms with van der Waals surface area (Å²) in [4.78, 5) is 26.1. The van der Waals surface area contributed by atoms with Crippen LogP contribution < -0.4 is 0 Å². The molecule has 3 aromatic rings. The lowest BCUT2D eigenvalue weighted by Crippen LogP contribution is -2.66. The van der Waals surface area contributed by atoms with Crippen molar-refractivity contribution in [1.29, 1.82) is 0 Å². The highest BCUT2D eigenvalue weighted by atomic mass is 16.2. The second kappa shape index (κ2) is 6.99. The molecule has 2 unspecified atom stereocenters. The molecule has 6 heteroatoms. The van der Waals surface area contributed by atoms with Gasteiger partial charge in [0.2, 0.25) is 0 Å². The molecule has 2 bridgehead atoms. The zero-order valence-corrected chi connectivity index (χ0v) is 19.9. The van der Waals surface area contributed by atoms with E-state index < -0.39 is 5.54 Å². The molecule has 1 fully saturated rings. The fourth-order valence-electron chi connectivity index (χ4n) is 6.00. The maximum atomic E-state index is 14.1. The van der Waals surface area contributed by atoms with E-state index >= 15 is 0 Å². The van der Waals surface area contributed by atoms with E-state index in [1.165, 1.54) is 0 Å². The smallest absolute Gasteiger partial charge is 0.255 e. The fraction of sp³-hybridized carbons (Fsp3) is 0.462. The van der Waals surface area contributed by atoms with E-state index in [-0.39, 0.29) is 11.4 Å². The van der Waals surface area contributed by atoms with Gasteiger partial charge >= 0.3 is 0 Å². The maximum absolute atomic E-state index is 14.1. The molecule has 6 nitrogen and oxygen atoms in total. The van der Waals surface area contributed by atoms with Gasteiger partial charge in [-0.1, -0.05) is 12.1 Å². The first-order valence-electron chi connectivity index (χ1n) is 11.4. The van der Waals surface area contributed by atoms with E-state index in [1.54, 1.807) is 0 Å². The van der Waals surface area contributed by atoms with Crippen molar-refractivity contribution >= 4 is 5.91 Å². The van der Waals surface area contributed by atoms with Crippen LogP contribution in [0.3, 0.4) is 0 Å². The monoisotopic (exact) mass is 429 g/mol. The highest BCUT2D eigenvalue weighted by Crippen LogP contribution is 2.52. The topological polar surface area (TPSA) is 63.9 Å². The normalized spacial score (nSPS) is 24.4. The van der Waals surface area contributed by atoms with E-state index in [9.17, 15) is 4.79 Å². The molecule has 0 saturated carbocycles. The Kier molecular flexibility index (Phi) is 4.56. The van der Waals surface area contributed by atoms with Crippen molar-refractivity contribution in [3.05, 3.63) is 64.2 Å². The molecule has 2 aromatic heterocycles. The molecule has 0 spiro atoms. The number of fused-ring (bicyclic) bond motifs is 4. The number of hydrogen-bond donors (Lipinski definition) is 0. The van der Waals surface area contributed by atoms with Crippen LogP contribution in [0.1, 0.15) is 71.7 Å². The molecule has 2 aliphatic heterocycles. The average Bonchev–Trinajstić information content (AvgIpc) is 3.15. The Hall–Kier alpha value is -3.02. The standard InChI is InChI=1S/C26H31N5O/c1-16-9-7-10-19(17(16)2)24(32)31-25(4)12-8-13-26(31,5)23-20(15-25)22(28-18(3)29-23)21-11-14-27-30(21)6/h7,9-11,14H,8,12-13,15H2,1-6H3. The molecule has 5 rings (SSSR count). The molecule has 0 radical (unpaired) electrons. The number of hydrogen-bond acceptors (Lipinski definition) is 4. The van der Waals surface area contributed by atoms with E-state index in [0.717, 1.165) is 70.8 Å². The zero-order chi connectivity index (χ0) is 22.8. The summed E-state index contributed by atoms with van der Waals surface area (Å²) in [5.74, 6) is 0.842. The van der Waals surface area contributed by atoms with Gasteiger partial charge in [0.1, 0.15) is 5.82 Å². The van der Waals surface area contributed by atoms with Crippen LogP contribution in [0.4, 0.5) is 0 Å². The Labute approximate surface area is 189 Å². The van der Waals surface area contributed by atoms with Crippen LogP contribution in [0, 0.1) is 20.8 Å². The van der Waals surface area contributed by atoms with E-state index in [0.29, 0.717) is 0 Å². The minimum Gasteiger partial charge on any atom is -0.322 e. The first kappa shape index (κ1) is 20.9. The maximum Gasteiger partial charge on any atom is 0.255 e. The minimum absolute atomic E-state index is 0.111. The van der Waals surface area contributed by atoms with Gasteiger partial charge in [-0.05, 0) is 83.6 Å². The largest absolute Gasteiger partial charge is 0.322 e. The molecule has 32 heavy (non-hydrogen) atoms. The molecule has 166 valence electrons. The summed E-state index contributed by atoms with van der Waals surface area (Å²) in [6.07, 6.45) is 5.50. The Morgan fingerprint density at radius 3 is 2.56 bits per heavy atom. The lowest BCUT2D eigenvalue weighted by molar-refractivity contribution is -0.0418. The van der Waals surface area contributed by atoms with Crippen LogP contribution >= 0.6 is 0 Å². The van der Waals surface area contributed by atoms with Crippen LogP contribution in [0.15, 0.2) is 30.5 Å². The number of nitrogens with zero attached hydrogens (tertiary/aromatic N) is 5. The molecule has 1 aromatic carbocycles. The van der Waals surface area contributed by atoms with Gasteiger partial charge < -0.3 is 4.90 Å². The predicted octanol–water partition coefficient (Wildman–Crippen LogP) is 4.66. The lowest BCUT2D eigenvalue weighted by atomic mass is 9.67. The number of benzene rings is 1. The quantitative estimate of drug-likeness (QED) is 0.594. The van der Waals surface area contributed by atoms with Crippen molar-refractivity contribution in [2.45, 2.75) is 71.4 Å². The second-order valence-electron chi connectivity index (χ2n) is 9.98. The van der Waals surface area contributed by atoms with Gasteiger partial charge in [0.25, 0.3) is 5.91 Å². The number of carbonyl (C=O) groups is 1. The zero-order valence-electron chi connectivity index (χ0n) is 19.9. The lowest BCUT2D eigenvalue weighted by Gasteiger charge is -2.59. The van der Waals surface area contributed by atoms with E-state index in [1.807, 2.05) is 50.0 Å². The molecular weight excluding hydrogens is 398 g/mol. The Morgan fingerprint density at radius 1 is 1.06 bits per heavy atom. The third-order valence-corrected chi connectivity index (χ3v) is 7.70. The van der Waals surface area contributed by atoms with Crippen molar-refractivity contribution in [3.63, 3.8) is 0 Å². The van der Waals surface area contributed by atoms with E-state index in [2.05, 4.69) is 36.8 Å². The van der Waals surface area contributed by atoms with Crippen molar-refractivity contribution in [1.82, 2.24) is 24.6 Å². The SMILES string of the molecule is Cc1nc(-c2ccnn2C)c2c(n1)C1(C)CCCC(C)(C2)N1C(=O)c1cccc(C)c1C. The van der Waals surface area contributed by atoms with E-state index in [4.69, 9.17) is 9.97 Å². The predicted molar refractivity (Wildman–Crippen MR) is 124 cm³/mol. The summed E-state index contributed by atoms with van der Waals surface area (Å²) in [7, 11) is 1.95. The average molecular weight is 430 g/mol. The molecule has 2 atom stereocenters. The van der Waals surface area contributed by atoms with Gasteiger partial charge in [-0.25, -0.2) is 9.97 Å². The molecule has 1 amide bonds. The van der Waals surface area contributed by atoms with Gasteiger partial charge in [-0.15, -0.1) is 0 Å². The van der Waals surface area contributed by atoms with Crippen LogP contribution in [0.2, 0.25) is 0 Å². The number of rotatable bonds is 2. The summed E-state index contributed by atoms with van der Waals surface area (Å²) in [5.41, 5.74) is 6.33. The summed E-state index contributed by atoms with van der Waals surface area (Å²) in [5, 5.41) is 4.37. The highest BCUT2D eigenvalue weighted by Gasteiger charge is 2.56. The van der Waals surface area contributed by atoms with Crippen molar-refractivity contribution < 1.29 is 4.79 Å². The van der Waals surface area contributed by atoms with Crippen molar-refractivity contribution in [2.75, 3.05) is 0 Å². The van der Waals surface area contributed by atoms with Gasteiger partial charge in [0.15, 0.2) is 0 Å². The van der Waals surface area contributed by atoms with Crippen LogP contribution in [0.25, 0.3) is 11.4 Å². The third kappa shape index (κ3) is 2.85. The Balaban J connectivity index is 1.73. The Bertz CT molecular complexity index is 1250. The van der Waals surface area contributed by atoms with Crippen LogP contribution in [0.5, 0.6) is 0 Å². The molecule has 0 N–H and O–H groups in total. The number of amides is 1. The molecule has 1 saturated heterocycles. The van der Waals surface area contributed by atoms with Crippen molar-refractivity contribution in [3.8, 4) is 11.4 Å². The first-order valence-corrected chi connectivity index (χ1v) is 11.4. The van der Waals surface area contributed by atoms with Crippen LogP contribution in [-0.2, 0) is 19.0 Å². The Morgan fingerprint density at radius 2 is 1.84 bits per heavy atom. The van der Waals surface area contributed by atoms with Gasteiger partial charge in [0.05, 0.1) is 22.6 Å². The highest BCUT2D eigenvalue weighted by molar-refractivity contribution is 5.97. The molecular formula is C26H31N5O. The second-order valence-corrected chi connectivity index (χ2v) is 9.98. The van der Waals surface area contributed by atoms with Crippen LogP contribution in [-0.4, -0.2) is 36.1 Å². The summed E-state index contributed by atoms with van der Waals surface area (Å²) in [6.45, 7) is 10.5. The number of carbonyl (C=O) groups excluding carboxylic acids is 1. The third-order valence-electron chi connectivity index (χ3n) is 7.70. The van der Waals surface area contributed by atoms with Gasteiger partial charge in [-0.2, -0.15) is 5.10 Å². The van der Waals surface area contributed by atoms with Gasteiger partial charge in [0, 0.05) is 29.9 Å². The number of aromatic nitrogens is 4. The summed E-state index contributed by atoms with van der Waals surface area (Å²) in [6, 6.07) is 8.03. The molecule has 4 heterocycles. The first-order chi connectivity index (χ1) is 15.2. The van der Waals surface area contributed by atoms with Crippen molar-refractivity contribution in [2.24, 2.45) is 7.05 Å². The minimum atomic E-state index is -0.477. The summed E-state index contributed by atoms with van der Waals surface area (Å²) >= 11 is 0. The van der Waals surface area contributed by atoms with Gasteiger partial charge in [-0.3, -0.25) is 9.48 Å². The number of aryl methyl sites for hydroxylation is 3. The fourth-order valence-corrected chi connectivity index (χ4v) is 6.00. The summed E-state index contributed by atoms with van der Waals surface area (Å²) < 4.78 is 1.87. The molecule has 2 aliphatic rings.